The molecule has 4 rings (SSSR count). The molecular weight excluding hydrogens is 376 g/mol. The van der Waals surface area contributed by atoms with Gasteiger partial charge in [0.25, 0.3) is 11.7 Å². The van der Waals surface area contributed by atoms with E-state index in [-0.39, 0.29) is 17.9 Å². The van der Waals surface area contributed by atoms with Gasteiger partial charge in [-0.3, -0.25) is 14.6 Å². The summed E-state index contributed by atoms with van der Waals surface area (Å²) < 4.78 is 0. The normalized spacial score (nSPS) is 18.1. The summed E-state index contributed by atoms with van der Waals surface area (Å²) in [7, 11) is 0. The van der Waals surface area contributed by atoms with E-state index >= 15 is 0 Å². The summed E-state index contributed by atoms with van der Waals surface area (Å²) in [5.74, 6) is -1.46. The van der Waals surface area contributed by atoms with Gasteiger partial charge in [-0.25, -0.2) is 0 Å². The Hall–Kier alpha value is -3.73. The molecular formula is C25H22N2O3. The number of Topliss-reactive ketones (excluding diaryl/α,β-unsaturated/α-hetero) is 1. The highest BCUT2D eigenvalue weighted by Crippen LogP contribution is 2.40. The number of hydrogen-bond donors (Lipinski definition) is 1. The minimum absolute atomic E-state index is 0.0950. The van der Waals surface area contributed by atoms with Gasteiger partial charge in [0.05, 0.1) is 11.6 Å². The van der Waals surface area contributed by atoms with E-state index < -0.39 is 17.7 Å². The summed E-state index contributed by atoms with van der Waals surface area (Å²) in [6.07, 6.45) is 3.27. The van der Waals surface area contributed by atoms with Gasteiger partial charge < -0.3 is 10.0 Å². The Morgan fingerprint density at radius 2 is 1.80 bits per heavy atom. The SMILES string of the molecule is Cc1ccc(C)c(/C(O)=C2\C(=O)C(=O)N(Cc3ccccc3)C2c2cccnc2)c1. The monoisotopic (exact) mass is 398 g/mol. The van der Waals surface area contributed by atoms with Gasteiger partial charge >= 0.3 is 0 Å². The molecule has 2 aromatic carbocycles. The summed E-state index contributed by atoms with van der Waals surface area (Å²) in [5.41, 5.74) is 4.02. The van der Waals surface area contributed by atoms with Crippen molar-refractivity contribution < 1.29 is 14.7 Å². The van der Waals surface area contributed by atoms with Crippen molar-refractivity contribution in [3.05, 3.63) is 106 Å². The summed E-state index contributed by atoms with van der Waals surface area (Å²) in [6.45, 7) is 4.05. The van der Waals surface area contributed by atoms with E-state index in [4.69, 9.17) is 0 Å². The van der Waals surface area contributed by atoms with E-state index in [1.54, 1.807) is 18.5 Å². The lowest BCUT2D eigenvalue weighted by Crippen LogP contribution is -2.29. The van der Waals surface area contributed by atoms with Crippen LogP contribution in [0.3, 0.4) is 0 Å². The fourth-order valence-electron chi connectivity index (χ4n) is 3.84. The van der Waals surface area contributed by atoms with Crippen molar-refractivity contribution in [2.24, 2.45) is 0 Å². The lowest BCUT2D eigenvalue weighted by molar-refractivity contribution is -0.140. The van der Waals surface area contributed by atoms with E-state index in [2.05, 4.69) is 4.98 Å². The molecule has 1 fully saturated rings. The van der Waals surface area contributed by atoms with Crippen molar-refractivity contribution in [2.75, 3.05) is 0 Å². The number of aliphatic hydroxyl groups is 1. The van der Waals surface area contributed by atoms with Gasteiger partial charge in [0, 0.05) is 24.5 Å². The molecule has 0 radical (unpaired) electrons. The fraction of sp³-hybridized carbons (Fsp3) is 0.160. The first-order valence-electron chi connectivity index (χ1n) is 9.77. The molecule has 1 aliphatic heterocycles. The minimum atomic E-state index is -0.709. The molecule has 5 heteroatoms. The maximum absolute atomic E-state index is 13.1. The standard InChI is InChI=1S/C25H22N2O3/c1-16-10-11-17(2)20(13-16)23(28)21-22(19-9-6-12-26-14-19)27(25(30)24(21)29)15-18-7-4-3-5-8-18/h3-14,22,28H,15H2,1-2H3/b23-21+. The van der Waals surface area contributed by atoms with Crippen LogP contribution in [0.25, 0.3) is 5.76 Å². The Morgan fingerprint density at radius 1 is 1.03 bits per heavy atom. The highest BCUT2D eigenvalue weighted by atomic mass is 16.3. The molecule has 0 spiro atoms. The van der Waals surface area contributed by atoms with Gasteiger partial charge in [-0.1, -0.05) is 54.1 Å². The summed E-state index contributed by atoms with van der Waals surface area (Å²) >= 11 is 0. The van der Waals surface area contributed by atoms with Gasteiger partial charge in [0.2, 0.25) is 0 Å². The van der Waals surface area contributed by atoms with Gasteiger partial charge in [0.15, 0.2) is 0 Å². The lowest BCUT2D eigenvalue weighted by Gasteiger charge is -2.25. The fourth-order valence-corrected chi connectivity index (χ4v) is 3.84. The van der Waals surface area contributed by atoms with E-state index in [1.165, 1.54) is 4.90 Å². The van der Waals surface area contributed by atoms with Gasteiger partial charge in [-0.15, -0.1) is 0 Å². The molecule has 1 aromatic heterocycles. The highest BCUT2D eigenvalue weighted by molar-refractivity contribution is 6.46. The number of likely N-dealkylation sites (tertiary alicyclic amines) is 1. The third kappa shape index (κ3) is 3.50. The van der Waals surface area contributed by atoms with Crippen molar-refractivity contribution in [2.45, 2.75) is 26.4 Å². The maximum Gasteiger partial charge on any atom is 0.295 e. The zero-order valence-corrected chi connectivity index (χ0v) is 16.9. The number of amides is 1. The first-order chi connectivity index (χ1) is 14.5. The number of carbonyl (C=O) groups is 2. The molecule has 1 N–H and O–H groups in total. The number of aryl methyl sites for hydroxylation is 2. The van der Waals surface area contributed by atoms with Crippen LogP contribution in [0.4, 0.5) is 0 Å². The number of pyridine rings is 1. The molecule has 0 aliphatic carbocycles. The Labute approximate surface area is 175 Å². The van der Waals surface area contributed by atoms with Crippen LogP contribution in [0.5, 0.6) is 0 Å². The molecule has 1 atom stereocenters. The van der Waals surface area contributed by atoms with Crippen LogP contribution >= 0.6 is 0 Å². The molecule has 30 heavy (non-hydrogen) atoms. The predicted octanol–water partition coefficient (Wildman–Crippen LogP) is 4.32. The van der Waals surface area contributed by atoms with Crippen LogP contribution in [0.15, 0.2) is 78.6 Å². The average Bonchev–Trinajstić information content (AvgIpc) is 3.01. The van der Waals surface area contributed by atoms with E-state index in [9.17, 15) is 14.7 Å². The summed E-state index contributed by atoms with van der Waals surface area (Å²) in [4.78, 5) is 31.7. The zero-order chi connectivity index (χ0) is 21.3. The molecule has 1 saturated heterocycles. The third-order valence-corrected chi connectivity index (χ3v) is 5.38. The summed E-state index contributed by atoms with van der Waals surface area (Å²) in [5, 5.41) is 11.2. The molecule has 0 saturated carbocycles. The van der Waals surface area contributed by atoms with Crippen LogP contribution in [-0.4, -0.2) is 26.7 Å². The van der Waals surface area contributed by atoms with Gasteiger partial charge in [-0.05, 0) is 42.7 Å². The predicted molar refractivity (Wildman–Crippen MR) is 114 cm³/mol. The van der Waals surface area contributed by atoms with E-state index in [1.807, 2.05) is 68.4 Å². The highest BCUT2D eigenvalue weighted by Gasteiger charge is 2.46. The molecule has 5 nitrogen and oxygen atoms in total. The molecule has 150 valence electrons. The number of aliphatic hydroxyl groups excluding tert-OH is 1. The first-order valence-corrected chi connectivity index (χ1v) is 9.77. The second kappa shape index (κ2) is 7.95. The Balaban J connectivity index is 1.89. The molecule has 2 heterocycles. The van der Waals surface area contributed by atoms with Crippen LogP contribution < -0.4 is 0 Å². The van der Waals surface area contributed by atoms with E-state index in [0.29, 0.717) is 11.1 Å². The number of aromatic nitrogens is 1. The number of carbonyl (C=O) groups excluding carboxylic acids is 2. The van der Waals surface area contributed by atoms with E-state index in [0.717, 1.165) is 16.7 Å². The number of benzene rings is 2. The van der Waals surface area contributed by atoms with Crippen molar-refractivity contribution in [3.8, 4) is 0 Å². The van der Waals surface area contributed by atoms with Crippen LogP contribution in [0, 0.1) is 13.8 Å². The number of nitrogens with zero attached hydrogens (tertiary/aromatic N) is 2. The quantitative estimate of drug-likeness (QED) is 0.404. The smallest absolute Gasteiger partial charge is 0.295 e. The van der Waals surface area contributed by atoms with Crippen LogP contribution in [0.1, 0.15) is 33.9 Å². The molecule has 0 bridgehead atoms. The van der Waals surface area contributed by atoms with Crippen molar-refractivity contribution in [1.82, 2.24) is 9.88 Å². The number of hydrogen-bond acceptors (Lipinski definition) is 4. The van der Waals surface area contributed by atoms with Gasteiger partial charge in [-0.2, -0.15) is 0 Å². The first kappa shape index (κ1) is 19.6. The molecule has 3 aromatic rings. The number of ketones is 1. The van der Waals surface area contributed by atoms with Crippen molar-refractivity contribution >= 4 is 17.4 Å². The van der Waals surface area contributed by atoms with Crippen molar-refractivity contribution in [3.63, 3.8) is 0 Å². The second-order valence-electron chi connectivity index (χ2n) is 7.52. The minimum Gasteiger partial charge on any atom is -0.507 e. The Morgan fingerprint density at radius 3 is 2.50 bits per heavy atom. The number of rotatable bonds is 4. The molecule has 1 amide bonds. The average molecular weight is 398 g/mol. The maximum atomic E-state index is 13.1. The van der Waals surface area contributed by atoms with Crippen LogP contribution in [0.2, 0.25) is 0 Å². The Kier molecular flexibility index (Phi) is 5.19. The topological polar surface area (TPSA) is 70.5 Å². The summed E-state index contributed by atoms with van der Waals surface area (Å²) in [6, 6.07) is 18.0. The lowest BCUT2D eigenvalue weighted by atomic mass is 9.94. The Bertz CT molecular complexity index is 1140. The third-order valence-electron chi connectivity index (χ3n) is 5.38. The van der Waals surface area contributed by atoms with Crippen LogP contribution in [-0.2, 0) is 16.1 Å². The zero-order valence-electron chi connectivity index (χ0n) is 16.9. The molecule has 1 aliphatic rings. The van der Waals surface area contributed by atoms with Gasteiger partial charge in [0.1, 0.15) is 5.76 Å². The second-order valence-corrected chi connectivity index (χ2v) is 7.52. The largest absolute Gasteiger partial charge is 0.507 e. The molecule has 1 unspecified atom stereocenters. The van der Waals surface area contributed by atoms with Crippen molar-refractivity contribution in [1.29, 1.82) is 0 Å².